The highest BCUT2D eigenvalue weighted by Crippen LogP contribution is 2.27. The van der Waals surface area contributed by atoms with Crippen LogP contribution in [0, 0.1) is 6.92 Å². The highest BCUT2D eigenvalue weighted by atomic mass is 79.9. The van der Waals surface area contributed by atoms with Crippen LogP contribution in [0.2, 0.25) is 0 Å². The molecule has 0 saturated carbocycles. The normalized spacial score (nSPS) is 10.5. The Morgan fingerprint density at radius 3 is 2.63 bits per heavy atom. The fourth-order valence-corrected chi connectivity index (χ4v) is 2.48. The van der Waals surface area contributed by atoms with Crippen LogP contribution in [0.4, 0.5) is 11.5 Å². The summed E-state index contributed by atoms with van der Waals surface area (Å²) in [5.41, 5.74) is 7.94. The van der Waals surface area contributed by atoms with Crippen LogP contribution in [0.3, 0.4) is 0 Å². The Labute approximate surface area is 122 Å². The summed E-state index contributed by atoms with van der Waals surface area (Å²) in [4.78, 5) is 6.76. The molecule has 2 N–H and O–H groups in total. The van der Waals surface area contributed by atoms with E-state index in [-0.39, 0.29) is 0 Å². The van der Waals surface area contributed by atoms with Crippen molar-refractivity contribution in [3.05, 3.63) is 52.6 Å². The largest absolute Gasteiger partial charge is 0.330 e. The molecule has 0 atom stereocenters. The molecule has 0 amide bonds. The molecule has 0 radical (unpaired) electrons. The van der Waals surface area contributed by atoms with Crippen LogP contribution in [-0.4, -0.2) is 18.1 Å². The zero-order valence-corrected chi connectivity index (χ0v) is 12.6. The van der Waals surface area contributed by atoms with E-state index in [0.29, 0.717) is 6.54 Å². The molecule has 0 aliphatic heterocycles. The molecule has 1 heterocycles. The number of nitrogens with zero attached hydrogens (tertiary/aromatic N) is 2. The Bertz CT molecular complexity index is 528. The van der Waals surface area contributed by atoms with Crippen molar-refractivity contribution in [1.29, 1.82) is 0 Å². The third-order valence-corrected chi connectivity index (χ3v) is 3.36. The second-order valence-corrected chi connectivity index (χ2v) is 5.34. The lowest BCUT2D eigenvalue weighted by atomic mass is 10.2. The van der Waals surface area contributed by atoms with E-state index in [2.05, 4.69) is 50.9 Å². The molecule has 2 aromatic rings. The van der Waals surface area contributed by atoms with E-state index < -0.39 is 0 Å². The smallest absolute Gasteiger partial charge is 0.135 e. The molecule has 19 heavy (non-hydrogen) atoms. The fraction of sp³-hybridized carbons (Fsp3) is 0.267. The van der Waals surface area contributed by atoms with Crippen molar-refractivity contribution in [1.82, 2.24) is 4.98 Å². The summed E-state index contributed by atoms with van der Waals surface area (Å²) < 4.78 is 1.00. The van der Waals surface area contributed by atoms with Gasteiger partial charge >= 0.3 is 0 Å². The predicted molar refractivity (Wildman–Crippen MR) is 83.8 cm³/mol. The summed E-state index contributed by atoms with van der Waals surface area (Å²) in [5, 5.41) is 0. The van der Waals surface area contributed by atoms with Crippen molar-refractivity contribution in [3.8, 4) is 0 Å². The first kappa shape index (κ1) is 14.0. The van der Waals surface area contributed by atoms with Crippen LogP contribution in [-0.2, 0) is 0 Å². The number of hydrogen-bond acceptors (Lipinski definition) is 3. The van der Waals surface area contributed by atoms with Crippen LogP contribution >= 0.6 is 15.9 Å². The van der Waals surface area contributed by atoms with Crippen molar-refractivity contribution in [2.75, 3.05) is 18.0 Å². The number of pyridine rings is 1. The summed E-state index contributed by atoms with van der Waals surface area (Å²) in [5.74, 6) is 0.989. The highest BCUT2D eigenvalue weighted by Gasteiger charge is 2.12. The Morgan fingerprint density at radius 1 is 1.26 bits per heavy atom. The van der Waals surface area contributed by atoms with Gasteiger partial charge in [-0.15, -0.1) is 0 Å². The molecule has 0 aliphatic carbocycles. The number of hydrogen-bond donors (Lipinski definition) is 1. The predicted octanol–water partition coefficient (Wildman–Crippen LogP) is 3.64. The van der Waals surface area contributed by atoms with E-state index in [4.69, 9.17) is 5.73 Å². The monoisotopic (exact) mass is 319 g/mol. The summed E-state index contributed by atoms with van der Waals surface area (Å²) in [6.07, 6.45) is 2.77. The lowest BCUT2D eigenvalue weighted by Crippen LogP contribution is -2.22. The van der Waals surface area contributed by atoms with E-state index in [1.807, 2.05) is 24.4 Å². The number of nitrogens with two attached hydrogens (primary N) is 1. The molecule has 100 valence electrons. The number of halogens is 1. The Morgan fingerprint density at radius 2 is 2.00 bits per heavy atom. The van der Waals surface area contributed by atoms with E-state index in [1.54, 1.807) is 0 Å². The van der Waals surface area contributed by atoms with Gasteiger partial charge in [0, 0.05) is 22.9 Å². The van der Waals surface area contributed by atoms with Gasteiger partial charge in [0.2, 0.25) is 0 Å². The van der Waals surface area contributed by atoms with Crippen molar-refractivity contribution in [2.24, 2.45) is 5.73 Å². The standard InChI is InChI=1S/C15H18BrN3/c1-12-10-13(16)11-18-15(12)19(9-5-8-17)14-6-3-2-4-7-14/h2-4,6-7,10-11H,5,8-9,17H2,1H3. The van der Waals surface area contributed by atoms with Gasteiger partial charge in [-0.3, -0.25) is 0 Å². The maximum Gasteiger partial charge on any atom is 0.135 e. The first-order chi connectivity index (χ1) is 9.22. The maximum absolute atomic E-state index is 5.64. The van der Waals surface area contributed by atoms with Gasteiger partial charge in [-0.25, -0.2) is 4.98 Å². The summed E-state index contributed by atoms with van der Waals surface area (Å²) in [7, 11) is 0. The lowest BCUT2D eigenvalue weighted by molar-refractivity contribution is 0.807. The number of rotatable bonds is 5. The van der Waals surface area contributed by atoms with Crippen LogP contribution in [0.5, 0.6) is 0 Å². The summed E-state index contributed by atoms with van der Waals surface area (Å²) >= 11 is 3.45. The van der Waals surface area contributed by atoms with Gasteiger partial charge in [-0.05, 0) is 59.6 Å². The zero-order valence-electron chi connectivity index (χ0n) is 11.0. The minimum atomic E-state index is 0.679. The highest BCUT2D eigenvalue weighted by molar-refractivity contribution is 9.10. The van der Waals surface area contributed by atoms with Gasteiger partial charge in [0.1, 0.15) is 5.82 Å². The van der Waals surface area contributed by atoms with Gasteiger partial charge in [-0.1, -0.05) is 18.2 Å². The third kappa shape index (κ3) is 3.55. The van der Waals surface area contributed by atoms with Crippen LogP contribution in [0.15, 0.2) is 47.1 Å². The zero-order chi connectivity index (χ0) is 13.7. The average Bonchev–Trinajstić information content (AvgIpc) is 2.42. The van der Waals surface area contributed by atoms with Gasteiger partial charge in [0.25, 0.3) is 0 Å². The molecule has 3 nitrogen and oxygen atoms in total. The molecule has 1 aromatic carbocycles. The van der Waals surface area contributed by atoms with Gasteiger partial charge < -0.3 is 10.6 Å². The summed E-state index contributed by atoms with van der Waals surface area (Å²) in [6, 6.07) is 12.4. The third-order valence-electron chi connectivity index (χ3n) is 2.93. The second kappa shape index (κ2) is 6.68. The van der Waals surface area contributed by atoms with Crippen LogP contribution in [0.1, 0.15) is 12.0 Å². The van der Waals surface area contributed by atoms with E-state index in [1.165, 1.54) is 0 Å². The molecule has 0 saturated heterocycles. The number of para-hydroxylation sites is 1. The van der Waals surface area contributed by atoms with E-state index in [9.17, 15) is 0 Å². The Kier molecular flexibility index (Phi) is 4.93. The van der Waals surface area contributed by atoms with Gasteiger partial charge in [-0.2, -0.15) is 0 Å². The fourth-order valence-electron chi connectivity index (χ4n) is 2.03. The van der Waals surface area contributed by atoms with Crippen LogP contribution < -0.4 is 10.6 Å². The van der Waals surface area contributed by atoms with Crippen molar-refractivity contribution < 1.29 is 0 Å². The molecule has 0 unspecified atom stereocenters. The minimum absolute atomic E-state index is 0.679. The quantitative estimate of drug-likeness (QED) is 0.914. The maximum atomic E-state index is 5.64. The lowest BCUT2D eigenvalue weighted by Gasteiger charge is -2.25. The van der Waals surface area contributed by atoms with Crippen molar-refractivity contribution in [3.63, 3.8) is 0 Å². The first-order valence-corrected chi connectivity index (χ1v) is 7.16. The van der Waals surface area contributed by atoms with E-state index in [0.717, 1.165) is 34.5 Å². The molecule has 0 spiro atoms. The van der Waals surface area contributed by atoms with Crippen molar-refractivity contribution in [2.45, 2.75) is 13.3 Å². The molecule has 0 aliphatic rings. The van der Waals surface area contributed by atoms with Crippen molar-refractivity contribution >= 4 is 27.4 Å². The number of aromatic nitrogens is 1. The molecule has 4 heteroatoms. The molecule has 0 bridgehead atoms. The molecule has 1 aromatic heterocycles. The van der Waals surface area contributed by atoms with E-state index >= 15 is 0 Å². The SMILES string of the molecule is Cc1cc(Br)cnc1N(CCCN)c1ccccc1. The average molecular weight is 320 g/mol. The number of benzene rings is 1. The first-order valence-electron chi connectivity index (χ1n) is 6.37. The Balaban J connectivity index is 2.37. The van der Waals surface area contributed by atoms with Gasteiger partial charge in [0.05, 0.1) is 0 Å². The van der Waals surface area contributed by atoms with Gasteiger partial charge in [0.15, 0.2) is 0 Å². The molecular weight excluding hydrogens is 302 g/mol. The van der Waals surface area contributed by atoms with Crippen LogP contribution in [0.25, 0.3) is 0 Å². The number of anilines is 2. The molecule has 2 rings (SSSR count). The topological polar surface area (TPSA) is 42.2 Å². The minimum Gasteiger partial charge on any atom is -0.330 e. The Hall–Kier alpha value is -1.39. The summed E-state index contributed by atoms with van der Waals surface area (Å²) in [6.45, 7) is 3.63. The second-order valence-electron chi connectivity index (χ2n) is 4.42. The molecule has 0 fully saturated rings. The number of aryl methyl sites for hydroxylation is 1. The molecular formula is C15H18BrN3.